The molecule has 4 aromatic rings. The van der Waals surface area contributed by atoms with Crippen LogP contribution in [0.1, 0.15) is 20.9 Å². The molecular formula is C21H18N4OS2. The fourth-order valence-corrected chi connectivity index (χ4v) is 5.37. The van der Waals surface area contributed by atoms with Crippen molar-refractivity contribution in [2.75, 3.05) is 6.54 Å². The number of fused-ring (bicyclic) bond motifs is 3. The molecule has 0 fully saturated rings. The molecule has 5 nitrogen and oxygen atoms in total. The summed E-state index contributed by atoms with van der Waals surface area (Å²) in [5, 5.41) is 7.05. The molecule has 0 N–H and O–H groups in total. The van der Waals surface area contributed by atoms with Crippen LogP contribution in [0.2, 0.25) is 0 Å². The highest BCUT2D eigenvalue weighted by molar-refractivity contribution is 7.18. The van der Waals surface area contributed by atoms with Gasteiger partial charge in [0.2, 0.25) is 0 Å². The maximum absolute atomic E-state index is 13.0. The molecule has 0 radical (unpaired) electrons. The lowest BCUT2D eigenvalue weighted by molar-refractivity contribution is 0.249. The molecule has 28 heavy (non-hydrogen) atoms. The first-order valence-electron chi connectivity index (χ1n) is 9.14. The van der Waals surface area contributed by atoms with E-state index in [2.05, 4.69) is 39.3 Å². The van der Waals surface area contributed by atoms with Crippen LogP contribution in [0.25, 0.3) is 10.2 Å². The lowest BCUT2D eigenvalue weighted by Crippen LogP contribution is -2.29. The SMILES string of the molecule is O=c1c2c3c(sc2ncn1/N=C/c1cccs1)CN(Cc1ccccc1)CC3. The largest absolute Gasteiger partial charge is 0.294 e. The molecule has 5 rings (SSSR count). The van der Waals surface area contributed by atoms with Crippen LogP contribution in [-0.2, 0) is 19.5 Å². The van der Waals surface area contributed by atoms with Gasteiger partial charge in [0.05, 0.1) is 11.6 Å². The van der Waals surface area contributed by atoms with Gasteiger partial charge in [-0.3, -0.25) is 9.69 Å². The molecule has 140 valence electrons. The Kier molecular flexibility index (Phi) is 4.64. The van der Waals surface area contributed by atoms with Crippen molar-refractivity contribution in [3.8, 4) is 0 Å². The molecule has 1 aliphatic rings. The fraction of sp³-hybridized carbons (Fsp3) is 0.190. The highest BCUT2D eigenvalue weighted by atomic mass is 32.1. The van der Waals surface area contributed by atoms with Gasteiger partial charge in [-0.2, -0.15) is 9.78 Å². The Morgan fingerprint density at radius 2 is 2.07 bits per heavy atom. The van der Waals surface area contributed by atoms with E-state index in [9.17, 15) is 4.79 Å². The van der Waals surface area contributed by atoms with Gasteiger partial charge in [-0.25, -0.2) is 4.98 Å². The Balaban J connectivity index is 1.45. The molecule has 1 aliphatic heterocycles. The standard InChI is InChI=1S/C21H18N4OS2/c26-21-19-17-8-9-24(12-15-5-2-1-3-6-15)13-18(17)28-20(19)22-14-25(21)23-11-16-7-4-10-27-16/h1-7,10-11,14H,8-9,12-13H2/b23-11+. The van der Waals surface area contributed by atoms with Crippen LogP contribution in [0.5, 0.6) is 0 Å². The molecule has 0 atom stereocenters. The molecule has 0 saturated heterocycles. The molecule has 0 bridgehead atoms. The van der Waals surface area contributed by atoms with Crippen LogP contribution in [0.15, 0.2) is 64.1 Å². The summed E-state index contributed by atoms with van der Waals surface area (Å²) in [7, 11) is 0. The van der Waals surface area contributed by atoms with E-state index in [1.54, 1.807) is 28.9 Å². The summed E-state index contributed by atoms with van der Waals surface area (Å²) in [4.78, 5) is 23.0. The van der Waals surface area contributed by atoms with Gasteiger partial charge >= 0.3 is 0 Å². The van der Waals surface area contributed by atoms with Crippen LogP contribution in [-0.4, -0.2) is 27.3 Å². The average Bonchev–Trinajstić information content (AvgIpc) is 3.35. The first-order valence-corrected chi connectivity index (χ1v) is 10.8. The van der Waals surface area contributed by atoms with E-state index in [0.29, 0.717) is 0 Å². The van der Waals surface area contributed by atoms with Crippen molar-refractivity contribution in [1.29, 1.82) is 0 Å². The molecule has 1 aromatic carbocycles. The molecule has 4 heterocycles. The van der Waals surface area contributed by atoms with Gasteiger partial charge in [-0.05, 0) is 29.0 Å². The minimum atomic E-state index is -0.0770. The summed E-state index contributed by atoms with van der Waals surface area (Å²) < 4.78 is 1.35. The molecule has 0 saturated carbocycles. The highest BCUT2D eigenvalue weighted by Crippen LogP contribution is 2.32. The van der Waals surface area contributed by atoms with Crippen molar-refractivity contribution < 1.29 is 0 Å². The number of nitrogens with zero attached hydrogens (tertiary/aromatic N) is 4. The van der Waals surface area contributed by atoms with Gasteiger partial charge in [0.25, 0.3) is 5.56 Å². The molecule has 3 aromatic heterocycles. The zero-order chi connectivity index (χ0) is 18.9. The summed E-state index contributed by atoms with van der Waals surface area (Å²) in [6, 6.07) is 14.5. The Hall–Kier alpha value is -2.61. The van der Waals surface area contributed by atoms with Crippen molar-refractivity contribution in [2.45, 2.75) is 19.5 Å². The second-order valence-corrected chi connectivity index (χ2v) is 8.85. The van der Waals surface area contributed by atoms with Crippen LogP contribution >= 0.6 is 22.7 Å². The van der Waals surface area contributed by atoms with E-state index in [1.807, 2.05) is 23.6 Å². The monoisotopic (exact) mass is 406 g/mol. The number of hydrogen-bond acceptors (Lipinski definition) is 6. The molecular weight excluding hydrogens is 388 g/mol. The van der Waals surface area contributed by atoms with Crippen LogP contribution in [0.3, 0.4) is 0 Å². The van der Waals surface area contributed by atoms with E-state index in [4.69, 9.17) is 0 Å². The van der Waals surface area contributed by atoms with Crippen molar-refractivity contribution >= 4 is 39.1 Å². The van der Waals surface area contributed by atoms with Crippen molar-refractivity contribution in [3.63, 3.8) is 0 Å². The quantitative estimate of drug-likeness (QED) is 0.482. The zero-order valence-electron chi connectivity index (χ0n) is 15.1. The van der Waals surface area contributed by atoms with Crippen LogP contribution < -0.4 is 5.56 Å². The second kappa shape index (κ2) is 7.43. The topological polar surface area (TPSA) is 50.5 Å². The zero-order valence-corrected chi connectivity index (χ0v) is 16.7. The third-order valence-electron chi connectivity index (χ3n) is 4.93. The summed E-state index contributed by atoms with van der Waals surface area (Å²) in [5.41, 5.74) is 2.39. The van der Waals surface area contributed by atoms with Crippen molar-refractivity contribution in [1.82, 2.24) is 14.6 Å². The van der Waals surface area contributed by atoms with E-state index in [0.717, 1.165) is 46.7 Å². The Bertz CT molecular complexity index is 1190. The normalized spacial score (nSPS) is 14.7. The van der Waals surface area contributed by atoms with Gasteiger partial charge < -0.3 is 0 Å². The fourth-order valence-electron chi connectivity index (χ4n) is 3.57. The van der Waals surface area contributed by atoms with Crippen LogP contribution in [0, 0.1) is 0 Å². The Morgan fingerprint density at radius 1 is 1.18 bits per heavy atom. The maximum atomic E-state index is 13.0. The predicted octanol–water partition coefficient (Wildman–Crippen LogP) is 3.96. The first-order chi connectivity index (χ1) is 13.8. The summed E-state index contributed by atoms with van der Waals surface area (Å²) in [5.74, 6) is 0. The van der Waals surface area contributed by atoms with E-state index in [-0.39, 0.29) is 5.56 Å². The van der Waals surface area contributed by atoms with Gasteiger partial charge in [0.15, 0.2) is 0 Å². The lowest BCUT2D eigenvalue weighted by Gasteiger charge is -2.26. The van der Waals surface area contributed by atoms with E-state index >= 15 is 0 Å². The number of hydrogen-bond donors (Lipinski definition) is 0. The van der Waals surface area contributed by atoms with Crippen LogP contribution in [0.4, 0.5) is 0 Å². The molecule has 0 spiro atoms. The maximum Gasteiger partial charge on any atom is 0.282 e. The Morgan fingerprint density at radius 3 is 2.89 bits per heavy atom. The molecule has 0 aliphatic carbocycles. The van der Waals surface area contributed by atoms with Gasteiger partial charge in [0.1, 0.15) is 11.2 Å². The third-order valence-corrected chi connectivity index (χ3v) is 6.86. The smallest absolute Gasteiger partial charge is 0.282 e. The minimum Gasteiger partial charge on any atom is -0.294 e. The highest BCUT2D eigenvalue weighted by Gasteiger charge is 2.23. The molecule has 7 heteroatoms. The van der Waals surface area contributed by atoms with E-state index < -0.39 is 0 Å². The summed E-state index contributed by atoms with van der Waals surface area (Å²) >= 11 is 3.23. The number of rotatable bonds is 4. The first kappa shape index (κ1) is 17.5. The predicted molar refractivity (Wildman–Crippen MR) is 115 cm³/mol. The Labute approximate surface area is 170 Å². The minimum absolute atomic E-state index is 0.0770. The summed E-state index contributed by atoms with van der Waals surface area (Å²) in [6.07, 6.45) is 4.11. The van der Waals surface area contributed by atoms with Gasteiger partial charge in [-0.15, -0.1) is 22.7 Å². The molecule has 0 amide bonds. The van der Waals surface area contributed by atoms with E-state index in [1.165, 1.54) is 21.4 Å². The number of aromatic nitrogens is 2. The van der Waals surface area contributed by atoms with Crippen molar-refractivity contribution in [2.24, 2.45) is 5.10 Å². The lowest BCUT2D eigenvalue weighted by atomic mass is 10.0. The van der Waals surface area contributed by atoms with Gasteiger partial charge in [0, 0.05) is 29.4 Å². The molecule has 0 unspecified atom stereocenters. The average molecular weight is 407 g/mol. The summed E-state index contributed by atoms with van der Waals surface area (Å²) in [6.45, 7) is 2.74. The number of thiophene rings is 2. The van der Waals surface area contributed by atoms with Gasteiger partial charge in [-0.1, -0.05) is 36.4 Å². The number of benzene rings is 1. The third kappa shape index (κ3) is 3.32. The van der Waals surface area contributed by atoms with Crippen molar-refractivity contribution in [3.05, 3.63) is 85.4 Å². The second-order valence-electron chi connectivity index (χ2n) is 6.78.